The minimum atomic E-state index is -0.815. The maximum atomic E-state index is 14.4. The molecule has 0 saturated heterocycles. The van der Waals surface area contributed by atoms with Crippen LogP contribution in [0.25, 0.3) is 5.69 Å². The molecule has 30 heavy (non-hydrogen) atoms. The Morgan fingerprint density at radius 2 is 1.83 bits per heavy atom. The number of aryl methyl sites for hydroxylation is 1. The molecule has 1 aliphatic carbocycles. The lowest BCUT2D eigenvalue weighted by Crippen LogP contribution is -2.46. The summed E-state index contributed by atoms with van der Waals surface area (Å²) < 4.78 is 16.1. The van der Waals surface area contributed by atoms with E-state index in [1.807, 2.05) is 19.1 Å². The molecule has 1 aromatic heterocycles. The lowest BCUT2D eigenvalue weighted by atomic mass is 10.1. The number of hydrogen-bond acceptors (Lipinski definition) is 4. The van der Waals surface area contributed by atoms with E-state index in [1.54, 1.807) is 18.2 Å². The topological polar surface area (TPSA) is 86.0 Å². The second-order valence-electron chi connectivity index (χ2n) is 7.52. The Kier molecular flexibility index (Phi) is 5.31. The summed E-state index contributed by atoms with van der Waals surface area (Å²) in [6, 6.07) is 12.9. The number of amides is 1. The number of carbonyl (C=O) groups is 1. The predicted molar refractivity (Wildman–Crippen MR) is 109 cm³/mol. The van der Waals surface area contributed by atoms with Crippen molar-refractivity contribution in [2.24, 2.45) is 5.92 Å². The zero-order valence-corrected chi connectivity index (χ0v) is 16.5. The predicted octanol–water partition coefficient (Wildman–Crippen LogP) is 2.03. The van der Waals surface area contributed by atoms with Crippen LogP contribution in [0.2, 0.25) is 0 Å². The summed E-state index contributed by atoms with van der Waals surface area (Å²) in [5, 5.41) is 6.63. The Labute approximate surface area is 171 Å². The van der Waals surface area contributed by atoms with Crippen molar-refractivity contribution in [2.45, 2.75) is 26.3 Å². The van der Waals surface area contributed by atoms with Crippen LogP contribution >= 0.6 is 0 Å². The molecule has 1 amide bonds. The van der Waals surface area contributed by atoms with Crippen LogP contribution < -0.4 is 16.6 Å². The second kappa shape index (κ2) is 8.06. The van der Waals surface area contributed by atoms with E-state index in [2.05, 4.69) is 10.4 Å². The summed E-state index contributed by atoms with van der Waals surface area (Å²) in [7, 11) is 0. The Morgan fingerprint density at radius 3 is 2.50 bits per heavy atom. The van der Waals surface area contributed by atoms with Gasteiger partial charge in [-0.1, -0.05) is 42.0 Å². The smallest absolute Gasteiger partial charge is 0.350 e. The van der Waals surface area contributed by atoms with Gasteiger partial charge in [-0.15, -0.1) is 0 Å². The molecule has 0 atom stereocenters. The molecule has 8 heteroatoms. The lowest BCUT2D eigenvalue weighted by Gasteiger charge is -2.13. The van der Waals surface area contributed by atoms with Crippen LogP contribution in [0.1, 0.15) is 34.5 Å². The van der Waals surface area contributed by atoms with Crippen molar-refractivity contribution in [1.29, 1.82) is 0 Å². The standard InChI is InChI=1S/C22H21FN4O3/c1-14-6-8-16(9-7-14)13-26-21(29)19(20(28)24-12-15-10-11-15)25-27(22(26)30)18-5-3-2-4-17(18)23/h2-9,15H,10-13H2,1H3,(H,24,28). The van der Waals surface area contributed by atoms with Crippen molar-refractivity contribution in [3.63, 3.8) is 0 Å². The number of aromatic nitrogens is 3. The molecule has 0 spiro atoms. The highest BCUT2D eigenvalue weighted by Gasteiger charge is 2.25. The molecule has 1 aliphatic rings. The van der Waals surface area contributed by atoms with Crippen LogP contribution in [0.5, 0.6) is 0 Å². The maximum absolute atomic E-state index is 14.4. The number of benzene rings is 2. The molecule has 4 rings (SSSR count). The van der Waals surface area contributed by atoms with Gasteiger partial charge in [-0.05, 0) is 43.4 Å². The number of nitrogens with zero attached hydrogens (tertiary/aromatic N) is 3. The van der Waals surface area contributed by atoms with E-state index in [-0.39, 0.29) is 12.2 Å². The summed E-state index contributed by atoms with van der Waals surface area (Å²) in [6.07, 6.45) is 2.06. The summed E-state index contributed by atoms with van der Waals surface area (Å²) in [4.78, 5) is 38.6. The minimum Gasteiger partial charge on any atom is -0.350 e. The number of para-hydroxylation sites is 1. The van der Waals surface area contributed by atoms with Crippen molar-refractivity contribution in [2.75, 3.05) is 6.54 Å². The van der Waals surface area contributed by atoms with E-state index < -0.39 is 28.7 Å². The molecule has 1 heterocycles. The number of nitrogens with one attached hydrogen (secondary N) is 1. The average Bonchev–Trinajstić information content (AvgIpc) is 3.56. The van der Waals surface area contributed by atoms with Gasteiger partial charge in [0.15, 0.2) is 0 Å². The molecule has 2 aromatic carbocycles. The molecule has 7 nitrogen and oxygen atoms in total. The number of rotatable bonds is 6. The first kappa shape index (κ1) is 19.8. The molecular formula is C22H21FN4O3. The molecule has 1 fully saturated rings. The van der Waals surface area contributed by atoms with Crippen LogP contribution in [-0.2, 0) is 6.54 Å². The van der Waals surface area contributed by atoms with Gasteiger partial charge in [0.2, 0.25) is 5.69 Å². The fraction of sp³-hybridized carbons (Fsp3) is 0.273. The average molecular weight is 408 g/mol. The van der Waals surface area contributed by atoms with Crippen molar-refractivity contribution in [1.82, 2.24) is 19.7 Å². The molecule has 0 radical (unpaired) electrons. The quantitative estimate of drug-likeness (QED) is 0.676. The van der Waals surface area contributed by atoms with E-state index in [0.717, 1.165) is 27.7 Å². The molecule has 0 unspecified atom stereocenters. The highest BCUT2D eigenvalue weighted by Crippen LogP contribution is 2.27. The molecule has 154 valence electrons. The fourth-order valence-electron chi connectivity index (χ4n) is 3.10. The van der Waals surface area contributed by atoms with Gasteiger partial charge in [-0.25, -0.2) is 9.18 Å². The van der Waals surface area contributed by atoms with E-state index in [0.29, 0.717) is 18.0 Å². The molecule has 3 aromatic rings. The van der Waals surface area contributed by atoms with Crippen molar-refractivity contribution in [3.8, 4) is 5.69 Å². The van der Waals surface area contributed by atoms with Crippen molar-refractivity contribution in [3.05, 3.63) is 92.0 Å². The van der Waals surface area contributed by atoms with Gasteiger partial charge in [0.1, 0.15) is 11.5 Å². The summed E-state index contributed by atoms with van der Waals surface area (Å²) in [5.74, 6) is -0.951. The Hall–Kier alpha value is -3.55. The Bertz CT molecular complexity index is 1210. The first-order chi connectivity index (χ1) is 14.4. The summed E-state index contributed by atoms with van der Waals surface area (Å²) in [5.41, 5.74) is -0.451. The van der Waals surface area contributed by atoms with Crippen LogP contribution in [-0.4, -0.2) is 26.8 Å². The molecular weight excluding hydrogens is 387 g/mol. The number of halogens is 1. The fourth-order valence-corrected chi connectivity index (χ4v) is 3.10. The van der Waals surface area contributed by atoms with E-state index >= 15 is 0 Å². The molecule has 1 N–H and O–H groups in total. The largest absolute Gasteiger partial charge is 0.352 e. The normalized spacial score (nSPS) is 13.3. The van der Waals surface area contributed by atoms with Gasteiger partial charge < -0.3 is 5.32 Å². The highest BCUT2D eigenvalue weighted by atomic mass is 19.1. The van der Waals surface area contributed by atoms with Crippen LogP contribution in [0.4, 0.5) is 4.39 Å². The third kappa shape index (κ3) is 4.07. The van der Waals surface area contributed by atoms with Crippen molar-refractivity contribution < 1.29 is 9.18 Å². The molecule has 1 saturated carbocycles. The van der Waals surface area contributed by atoms with Gasteiger partial charge in [0.25, 0.3) is 11.5 Å². The third-order valence-electron chi connectivity index (χ3n) is 5.07. The van der Waals surface area contributed by atoms with Crippen LogP contribution in [0, 0.1) is 18.7 Å². The number of hydrogen-bond donors (Lipinski definition) is 1. The summed E-state index contributed by atoms with van der Waals surface area (Å²) in [6.45, 7) is 2.31. The Balaban J connectivity index is 1.83. The number of carbonyl (C=O) groups excluding carboxylic acids is 1. The maximum Gasteiger partial charge on any atom is 0.352 e. The van der Waals surface area contributed by atoms with Gasteiger partial charge in [0, 0.05) is 6.54 Å². The zero-order chi connectivity index (χ0) is 21.3. The highest BCUT2D eigenvalue weighted by molar-refractivity contribution is 5.91. The lowest BCUT2D eigenvalue weighted by molar-refractivity contribution is 0.0942. The first-order valence-corrected chi connectivity index (χ1v) is 9.77. The third-order valence-corrected chi connectivity index (χ3v) is 5.07. The minimum absolute atomic E-state index is 0.0577. The second-order valence-corrected chi connectivity index (χ2v) is 7.52. The Morgan fingerprint density at radius 1 is 1.13 bits per heavy atom. The van der Waals surface area contributed by atoms with Crippen molar-refractivity contribution >= 4 is 5.91 Å². The van der Waals surface area contributed by atoms with Gasteiger partial charge in [0.05, 0.1) is 6.54 Å². The van der Waals surface area contributed by atoms with E-state index in [9.17, 15) is 18.8 Å². The zero-order valence-electron chi connectivity index (χ0n) is 16.5. The van der Waals surface area contributed by atoms with Gasteiger partial charge in [-0.2, -0.15) is 9.78 Å². The molecule has 0 aliphatic heterocycles. The van der Waals surface area contributed by atoms with Gasteiger partial charge >= 0.3 is 5.69 Å². The van der Waals surface area contributed by atoms with E-state index in [1.165, 1.54) is 18.2 Å². The van der Waals surface area contributed by atoms with Gasteiger partial charge in [-0.3, -0.25) is 14.2 Å². The monoisotopic (exact) mass is 408 g/mol. The summed E-state index contributed by atoms with van der Waals surface area (Å²) >= 11 is 0. The van der Waals surface area contributed by atoms with E-state index in [4.69, 9.17) is 0 Å². The first-order valence-electron chi connectivity index (χ1n) is 9.77. The van der Waals surface area contributed by atoms with Crippen LogP contribution in [0.15, 0.2) is 58.1 Å². The SMILES string of the molecule is Cc1ccc(Cn2c(=O)c(C(=O)NCC3CC3)nn(-c3ccccc3F)c2=O)cc1. The van der Waals surface area contributed by atoms with Crippen LogP contribution in [0.3, 0.4) is 0 Å². The molecule has 0 bridgehead atoms.